The molecule has 2 N–H and O–H groups in total. The van der Waals surface area contributed by atoms with Crippen LogP contribution in [0.1, 0.15) is 32.8 Å². The van der Waals surface area contributed by atoms with Gasteiger partial charge < -0.3 is 15.1 Å². The van der Waals surface area contributed by atoms with E-state index in [9.17, 15) is 13.2 Å². The van der Waals surface area contributed by atoms with Crippen molar-refractivity contribution < 1.29 is 17.6 Å². The van der Waals surface area contributed by atoms with Gasteiger partial charge in [-0.05, 0) is 24.6 Å². The van der Waals surface area contributed by atoms with E-state index < -0.39 is 20.1 Å². The van der Waals surface area contributed by atoms with E-state index in [4.69, 9.17) is 10.2 Å². The minimum Gasteiger partial charge on any atom is -0.411 e. The lowest BCUT2D eigenvalue weighted by Gasteiger charge is -2.44. The molecule has 0 bridgehead atoms. The zero-order valence-corrected chi connectivity index (χ0v) is 16.4. The monoisotopic (exact) mass is 376 g/mol. The summed E-state index contributed by atoms with van der Waals surface area (Å²) in [6, 6.07) is -0.0974. The van der Waals surface area contributed by atoms with Crippen LogP contribution in [0.4, 0.5) is 19.1 Å². The molecule has 0 radical (unpaired) electrons. The first-order valence-electron chi connectivity index (χ1n) is 8.39. The van der Waals surface area contributed by atoms with E-state index in [0.29, 0.717) is 19.5 Å². The van der Waals surface area contributed by atoms with Crippen LogP contribution in [0.2, 0.25) is 18.1 Å². The van der Waals surface area contributed by atoms with Gasteiger partial charge in [0.05, 0.1) is 11.7 Å². The van der Waals surface area contributed by atoms with Crippen LogP contribution in [0, 0.1) is 0 Å². The van der Waals surface area contributed by atoms with Crippen molar-refractivity contribution in [3.8, 4) is 0 Å². The molecule has 2 atom stereocenters. The van der Waals surface area contributed by atoms with Gasteiger partial charge in [-0.3, -0.25) is 0 Å². The van der Waals surface area contributed by atoms with Gasteiger partial charge in [0.25, 0.3) is 0 Å². The molecule has 0 spiro atoms. The lowest BCUT2D eigenvalue weighted by atomic mass is 10.0. The molecular weight excluding hydrogens is 349 g/mol. The first kappa shape index (κ1) is 20.1. The molecule has 2 rings (SSSR count). The summed E-state index contributed by atoms with van der Waals surface area (Å²) < 4.78 is 44.4. The zero-order chi connectivity index (χ0) is 19.0. The van der Waals surface area contributed by atoms with Crippen molar-refractivity contribution in [2.45, 2.75) is 63.6 Å². The Bertz CT molecular complexity index is 587. The maximum Gasteiger partial charge on any atom is 0.419 e. The average Bonchev–Trinajstić information content (AvgIpc) is 2.47. The smallest absolute Gasteiger partial charge is 0.411 e. The van der Waals surface area contributed by atoms with E-state index in [1.165, 1.54) is 0 Å². The van der Waals surface area contributed by atoms with Gasteiger partial charge in [-0.2, -0.15) is 13.2 Å². The number of anilines is 1. The van der Waals surface area contributed by atoms with Crippen LogP contribution < -0.4 is 10.6 Å². The lowest BCUT2D eigenvalue weighted by Crippen LogP contribution is -2.57. The van der Waals surface area contributed by atoms with Crippen molar-refractivity contribution in [3.63, 3.8) is 0 Å². The number of halogens is 3. The van der Waals surface area contributed by atoms with Gasteiger partial charge in [0, 0.05) is 31.5 Å². The predicted octanol–water partition coefficient (Wildman–Crippen LogP) is 3.42. The highest BCUT2D eigenvalue weighted by Crippen LogP contribution is 2.38. The van der Waals surface area contributed by atoms with E-state index in [1.807, 2.05) is 4.90 Å². The summed E-state index contributed by atoms with van der Waals surface area (Å²) in [4.78, 5) is 9.62. The third-order valence-corrected chi connectivity index (χ3v) is 9.62. The Morgan fingerprint density at radius 1 is 1.20 bits per heavy atom. The third-order valence-electron chi connectivity index (χ3n) is 5.11. The second-order valence-corrected chi connectivity index (χ2v) is 12.8. The Kier molecular flexibility index (Phi) is 5.51. The fourth-order valence-electron chi connectivity index (χ4n) is 2.43. The normalized spacial score (nSPS) is 23.0. The maximum absolute atomic E-state index is 12.6. The molecule has 1 aromatic rings. The van der Waals surface area contributed by atoms with E-state index >= 15 is 0 Å². The van der Waals surface area contributed by atoms with E-state index in [-0.39, 0.29) is 23.1 Å². The molecule has 25 heavy (non-hydrogen) atoms. The molecule has 0 amide bonds. The van der Waals surface area contributed by atoms with Crippen LogP contribution in [0.5, 0.6) is 0 Å². The number of nitrogens with two attached hydrogens (primary N) is 1. The van der Waals surface area contributed by atoms with Gasteiger partial charge >= 0.3 is 6.18 Å². The summed E-state index contributed by atoms with van der Waals surface area (Å²) in [5.41, 5.74) is 5.38. The molecule has 1 aliphatic rings. The lowest BCUT2D eigenvalue weighted by molar-refractivity contribution is -0.138. The summed E-state index contributed by atoms with van der Waals surface area (Å²) in [6.45, 7) is 11.9. The third kappa shape index (κ3) is 4.71. The van der Waals surface area contributed by atoms with Gasteiger partial charge in [0.1, 0.15) is 0 Å². The molecule has 0 aliphatic carbocycles. The molecule has 0 saturated carbocycles. The Hall–Kier alpha value is -1.19. The summed E-state index contributed by atoms with van der Waals surface area (Å²) in [5, 5.41) is 0.0554. The molecule has 5 nitrogen and oxygen atoms in total. The summed E-state index contributed by atoms with van der Waals surface area (Å²) in [6.07, 6.45) is -2.29. The molecule has 9 heteroatoms. The molecule has 1 aromatic heterocycles. The Morgan fingerprint density at radius 3 is 2.24 bits per heavy atom. The van der Waals surface area contributed by atoms with Crippen LogP contribution in [-0.4, -0.2) is 43.5 Å². The highest BCUT2D eigenvalue weighted by atomic mass is 28.4. The summed E-state index contributed by atoms with van der Waals surface area (Å²) in [7, 11) is -1.99. The maximum atomic E-state index is 12.6. The van der Waals surface area contributed by atoms with Crippen molar-refractivity contribution in [1.82, 2.24) is 9.97 Å². The molecule has 1 fully saturated rings. The number of hydrogen-bond donors (Lipinski definition) is 1. The fraction of sp³-hybridized carbons (Fsp3) is 0.750. The molecule has 1 unspecified atom stereocenters. The second kappa shape index (κ2) is 6.84. The minimum absolute atomic E-state index is 0.0554. The highest BCUT2D eigenvalue weighted by molar-refractivity contribution is 6.74. The van der Waals surface area contributed by atoms with Crippen LogP contribution in [0.15, 0.2) is 12.4 Å². The van der Waals surface area contributed by atoms with Crippen molar-refractivity contribution in [3.05, 3.63) is 18.0 Å². The standard InChI is InChI=1S/C16H27F3N4OSi/c1-15(2,3)25(4,5)24-13-10-23(7-6-12(13)20)14-21-8-11(9-22-14)16(17,18)19/h8-9,12-13H,6-7,10,20H2,1-5H3/t12-,13?/m1/s1. The number of piperidine rings is 1. The average molecular weight is 376 g/mol. The summed E-state index contributed by atoms with van der Waals surface area (Å²) in [5.74, 6) is 0.281. The minimum atomic E-state index is -4.43. The molecular formula is C16H27F3N4OSi. The van der Waals surface area contributed by atoms with Gasteiger partial charge in [-0.1, -0.05) is 20.8 Å². The highest BCUT2D eigenvalue weighted by Gasteiger charge is 2.42. The predicted molar refractivity (Wildman–Crippen MR) is 93.9 cm³/mol. The van der Waals surface area contributed by atoms with Gasteiger partial charge in [-0.15, -0.1) is 0 Å². The quantitative estimate of drug-likeness (QED) is 0.819. The first-order chi connectivity index (χ1) is 11.3. The van der Waals surface area contributed by atoms with Gasteiger partial charge in [-0.25, -0.2) is 9.97 Å². The van der Waals surface area contributed by atoms with Crippen LogP contribution >= 0.6 is 0 Å². The SMILES string of the molecule is CC(C)(C)[Si](C)(C)OC1CN(c2ncc(C(F)(F)F)cn2)CC[C@H]1N. The van der Waals surface area contributed by atoms with Crippen molar-refractivity contribution in [2.75, 3.05) is 18.0 Å². The fourth-order valence-corrected chi connectivity index (χ4v) is 3.79. The van der Waals surface area contributed by atoms with Gasteiger partial charge in [0.2, 0.25) is 5.95 Å². The molecule has 142 valence electrons. The topological polar surface area (TPSA) is 64.3 Å². The van der Waals surface area contributed by atoms with E-state index in [2.05, 4.69) is 43.8 Å². The van der Waals surface area contributed by atoms with E-state index in [1.54, 1.807) is 0 Å². The van der Waals surface area contributed by atoms with Crippen LogP contribution in [0.25, 0.3) is 0 Å². The number of hydrogen-bond acceptors (Lipinski definition) is 5. The Morgan fingerprint density at radius 2 is 1.76 bits per heavy atom. The second-order valence-electron chi connectivity index (χ2n) is 8.08. The molecule has 1 saturated heterocycles. The van der Waals surface area contributed by atoms with Crippen molar-refractivity contribution in [2.24, 2.45) is 5.73 Å². The summed E-state index contributed by atoms with van der Waals surface area (Å²) >= 11 is 0. The largest absolute Gasteiger partial charge is 0.419 e. The number of aromatic nitrogens is 2. The van der Waals surface area contributed by atoms with Crippen LogP contribution in [-0.2, 0) is 10.6 Å². The Labute approximate surface area is 147 Å². The Balaban J connectivity index is 2.12. The molecule has 0 aromatic carbocycles. The van der Waals surface area contributed by atoms with Crippen molar-refractivity contribution >= 4 is 14.3 Å². The molecule has 2 heterocycles. The molecule has 1 aliphatic heterocycles. The van der Waals surface area contributed by atoms with Gasteiger partial charge in [0.15, 0.2) is 8.32 Å². The zero-order valence-electron chi connectivity index (χ0n) is 15.4. The number of alkyl halides is 3. The van der Waals surface area contributed by atoms with Crippen molar-refractivity contribution in [1.29, 1.82) is 0 Å². The van der Waals surface area contributed by atoms with Crippen LogP contribution in [0.3, 0.4) is 0 Å². The number of rotatable bonds is 3. The first-order valence-corrected chi connectivity index (χ1v) is 11.3. The number of nitrogens with zero attached hydrogens (tertiary/aromatic N) is 3. The van der Waals surface area contributed by atoms with E-state index in [0.717, 1.165) is 12.4 Å².